The van der Waals surface area contributed by atoms with E-state index in [4.69, 9.17) is 9.47 Å². The highest BCUT2D eigenvalue weighted by molar-refractivity contribution is 4.78. The van der Waals surface area contributed by atoms with Gasteiger partial charge in [0.05, 0.1) is 18.8 Å². The molecule has 3 unspecified atom stereocenters. The number of nitrogens with one attached hydrogen (secondary N) is 1. The van der Waals surface area contributed by atoms with Crippen molar-refractivity contribution in [1.29, 1.82) is 0 Å². The molecule has 4 heteroatoms. The molecule has 1 N–H and O–H groups in total. The van der Waals surface area contributed by atoms with Crippen LogP contribution >= 0.6 is 0 Å². The van der Waals surface area contributed by atoms with Crippen molar-refractivity contribution >= 4 is 0 Å². The third-order valence-corrected chi connectivity index (χ3v) is 2.99. The first-order valence-electron chi connectivity index (χ1n) is 6.22. The normalized spacial score (nSPS) is 29.2. The van der Waals surface area contributed by atoms with Crippen LogP contribution in [-0.4, -0.2) is 63.0 Å². The molecule has 0 spiro atoms. The molecule has 0 aromatic heterocycles. The molecule has 96 valence electrons. The van der Waals surface area contributed by atoms with Gasteiger partial charge >= 0.3 is 0 Å². The summed E-state index contributed by atoms with van der Waals surface area (Å²) < 4.78 is 10.7. The Labute approximate surface area is 99.3 Å². The first kappa shape index (κ1) is 13.9. The van der Waals surface area contributed by atoms with Gasteiger partial charge in [0.15, 0.2) is 0 Å². The number of ether oxygens (including phenoxy) is 2. The molecule has 1 rings (SSSR count). The maximum Gasteiger partial charge on any atom is 0.0678 e. The maximum absolute atomic E-state index is 5.73. The fourth-order valence-corrected chi connectivity index (χ4v) is 2.19. The number of rotatable bonds is 6. The predicted octanol–water partition coefficient (Wildman–Crippen LogP) is 0.720. The van der Waals surface area contributed by atoms with E-state index in [9.17, 15) is 0 Å². The van der Waals surface area contributed by atoms with Crippen molar-refractivity contribution in [2.24, 2.45) is 0 Å². The summed E-state index contributed by atoms with van der Waals surface area (Å²) in [5.41, 5.74) is 0. The van der Waals surface area contributed by atoms with E-state index in [-0.39, 0.29) is 0 Å². The van der Waals surface area contributed by atoms with Gasteiger partial charge < -0.3 is 14.8 Å². The topological polar surface area (TPSA) is 33.7 Å². The van der Waals surface area contributed by atoms with Gasteiger partial charge in [-0.3, -0.25) is 4.90 Å². The largest absolute Gasteiger partial charge is 0.383 e. The van der Waals surface area contributed by atoms with E-state index in [1.165, 1.54) is 0 Å². The molecule has 0 aromatic carbocycles. The van der Waals surface area contributed by atoms with Gasteiger partial charge in [0.2, 0.25) is 0 Å². The van der Waals surface area contributed by atoms with Gasteiger partial charge in [0.25, 0.3) is 0 Å². The lowest BCUT2D eigenvalue weighted by Gasteiger charge is -2.39. The number of methoxy groups -OCH3 is 1. The molecular formula is C12H26N2O2. The summed E-state index contributed by atoms with van der Waals surface area (Å²) in [5, 5.41) is 3.41. The molecule has 0 saturated carbocycles. The third-order valence-electron chi connectivity index (χ3n) is 2.99. The average molecular weight is 230 g/mol. The molecule has 0 bridgehead atoms. The number of hydrogen-bond donors (Lipinski definition) is 1. The Bertz CT molecular complexity index is 180. The molecule has 1 aliphatic heterocycles. The Kier molecular flexibility index (Phi) is 6.28. The summed E-state index contributed by atoms with van der Waals surface area (Å²) >= 11 is 0. The van der Waals surface area contributed by atoms with E-state index in [0.29, 0.717) is 18.2 Å². The van der Waals surface area contributed by atoms with E-state index in [0.717, 1.165) is 32.8 Å². The van der Waals surface area contributed by atoms with Gasteiger partial charge in [0.1, 0.15) is 0 Å². The molecule has 0 aromatic rings. The fourth-order valence-electron chi connectivity index (χ4n) is 2.19. The zero-order chi connectivity index (χ0) is 12.0. The second-order valence-electron chi connectivity index (χ2n) is 4.76. The Balaban J connectivity index is 2.21. The Morgan fingerprint density at radius 1 is 1.38 bits per heavy atom. The van der Waals surface area contributed by atoms with Crippen molar-refractivity contribution in [2.75, 3.05) is 39.9 Å². The average Bonchev–Trinajstić information content (AvgIpc) is 2.22. The monoisotopic (exact) mass is 230 g/mol. The summed E-state index contributed by atoms with van der Waals surface area (Å²) in [5.74, 6) is 0. The molecule has 4 nitrogen and oxygen atoms in total. The van der Waals surface area contributed by atoms with Crippen molar-refractivity contribution in [2.45, 2.75) is 39.0 Å². The molecule has 1 fully saturated rings. The van der Waals surface area contributed by atoms with E-state index >= 15 is 0 Å². The standard InChI is InChI=1S/C12H26N2O2/c1-10(7-13-5-6-15-4)14-8-11(2)16-12(3)9-14/h10-13H,5-9H2,1-4H3. The lowest BCUT2D eigenvalue weighted by atomic mass is 10.2. The highest BCUT2D eigenvalue weighted by atomic mass is 16.5. The van der Waals surface area contributed by atoms with Crippen molar-refractivity contribution in [3.8, 4) is 0 Å². The molecule has 16 heavy (non-hydrogen) atoms. The zero-order valence-electron chi connectivity index (χ0n) is 11.0. The van der Waals surface area contributed by atoms with E-state index < -0.39 is 0 Å². The van der Waals surface area contributed by atoms with E-state index in [1.54, 1.807) is 7.11 Å². The first-order chi connectivity index (χ1) is 7.63. The van der Waals surface area contributed by atoms with E-state index in [1.807, 2.05) is 0 Å². The molecule has 3 atom stereocenters. The predicted molar refractivity (Wildman–Crippen MR) is 65.8 cm³/mol. The SMILES string of the molecule is COCCNCC(C)N1CC(C)OC(C)C1. The zero-order valence-corrected chi connectivity index (χ0v) is 11.0. The van der Waals surface area contributed by atoms with Gasteiger partial charge in [-0.25, -0.2) is 0 Å². The number of morpholine rings is 1. The summed E-state index contributed by atoms with van der Waals surface area (Å²) in [4.78, 5) is 2.50. The van der Waals surface area contributed by atoms with Gasteiger partial charge in [-0.1, -0.05) is 0 Å². The molecule has 0 amide bonds. The Morgan fingerprint density at radius 3 is 2.56 bits per heavy atom. The van der Waals surface area contributed by atoms with Crippen LogP contribution < -0.4 is 5.32 Å². The van der Waals surface area contributed by atoms with Crippen LogP contribution in [0.25, 0.3) is 0 Å². The Morgan fingerprint density at radius 2 is 2.00 bits per heavy atom. The quantitative estimate of drug-likeness (QED) is 0.682. The van der Waals surface area contributed by atoms with Gasteiger partial charge in [-0.05, 0) is 20.8 Å². The molecule has 0 radical (unpaired) electrons. The lowest BCUT2D eigenvalue weighted by molar-refractivity contribution is -0.0781. The molecular weight excluding hydrogens is 204 g/mol. The third kappa shape index (κ3) is 4.78. The summed E-state index contributed by atoms with van der Waals surface area (Å²) in [6, 6.07) is 0.561. The second kappa shape index (κ2) is 7.22. The van der Waals surface area contributed by atoms with Gasteiger partial charge in [-0.15, -0.1) is 0 Å². The highest BCUT2D eigenvalue weighted by Gasteiger charge is 2.25. The number of nitrogens with zero attached hydrogens (tertiary/aromatic N) is 1. The summed E-state index contributed by atoms with van der Waals surface area (Å²) in [7, 11) is 1.73. The van der Waals surface area contributed by atoms with Crippen LogP contribution in [0.5, 0.6) is 0 Å². The van der Waals surface area contributed by atoms with E-state index in [2.05, 4.69) is 31.0 Å². The van der Waals surface area contributed by atoms with Gasteiger partial charge in [0, 0.05) is 39.3 Å². The lowest BCUT2D eigenvalue weighted by Crippen LogP contribution is -2.51. The maximum atomic E-state index is 5.73. The van der Waals surface area contributed by atoms with Crippen LogP contribution in [0, 0.1) is 0 Å². The Hall–Kier alpha value is -0.160. The first-order valence-corrected chi connectivity index (χ1v) is 6.22. The minimum Gasteiger partial charge on any atom is -0.383 e. The fraction of sp³-hybridized carbons (Fsp3) is 1.00. The van der Waals surface area contributed by atoms with Crippen LogP contribution in [0.4, 0.5) is 0 Å². The summed E-state index contributed by atoms with van der Waals surface area (Å²) in [6.07, 6.45) is 0.704. The van der Waals surface area contributed by atoms with Crippen molar-refractivity contribution in [3.05, 3.63) is 0 Å². The smallest absolute Gasteiger partial charge is 0.0678 e. The van der Waals surface area contributed by atoms with Crippen LogP contribution in [-0.2, 0) is 9.47 Å². The van der Waals surface area contributed by atoms with Crippen LogP contribution in [0.2, 0.25) is 0 Å². The minimum atomic E-state index is 0.352. The van der Waals surface area contributed by atoms with Crippen LogP contribution in [0.1, 0.15) is 20.8 Å². The molecule has 1 aliphatic rings. The summed E-state index contributed by atoms with van der Waals surface area (Å²) in [6.45, 7) is 11.4. The minimum absolute atomic E-state index is 0.352. The molecule has 1 saturated heterocycles. The van der Waals surface area contributed by atoms with Gasteiger partial charge in [-0.2, -0.15) is 0 Å². The molecule has 1 heterocycles. The van der Waals surface area contributed by atoms with Crippen LogP contribution in [0.3, 0.4) is 0 Å². The molecule has 0 aliphatic carbocycles. The second-order valence-corrected chi connectivity index (χ2v) is 4.76. The van der Waals surface area contributed by atoms with Crippen molar-refractivity contribution in [1.82, 2.24) is 10.2 Å². The highest BCUT2D eigenvalue weighted by Crippen LogP contribution is 2.12. The van der Waals surface area contributed by atoms with Crippen molar-refractivity contribution in [3.63, 3.8) is 0 Å². The number of hydrogen-bond acceptors (Lipinski definition) is 4. The van der Waals surface area contributed by atoms with Crippen LogP contribution in [0.15, 0.2) is 0 Å². The van der Waals surface area contributed by atoms with Crippen molar-refractivity contribution < 1.29 is 9.47 Å².